The van der Waals surface area contributed by atoms with Gasteiger partial charge in [0.25, 0.3) is 15.9 Å². The van der Waals surface area contributed by atoms with Crippen LogP contribution in [0.25, 0.3) is 0 Å². The monoisotopic (exact) mass is 305 g/mol. The van der Waals surface area contributed by atoms with Crippen LogP contribution in [0.3, 0.4) is 0 Å². The van der Waals surface area contributed by atoms with Crippen molar-refractivity contribution in [3.63, 3.8) is 0 Å². The van der Waals surface area contributed by atoms with Crippen LogP contribution >= 0.6 is 0 Å². The van der Waals surface area contributed by atoms with Gasteiger partial charge in [-0.25, -0.2) is 8.42 Å². The molecule has 110 valence electrons. The highest BCUT2D eigenvalue weighted by molar-refractivity contribution is 7.92. The molecule has 0 atom stereocenters. The molecule has 7 heteroatoms. The van der Waals surface area contributed by atoms with Crippen LogP contribution < -0.4 is 15.8 Å². The topological polar surface area (TPSA) is 101 Å². The predicted molar refractivity (Wildman–Crippen MR) is 81.5 cm³/mol. The van der Waals surface area contributed by atoms with E-state index < -0.39 is 10.0 Å². The lowest BCUT2D eigenvalue weighted by Gasteiger charge is -2.10. The molecular formula is C14H15N3O3S. The molecule has 0 heterocycles. The van der Waals surface area contributed by atoms with Gasteiger partial charge < -0.3 is 11.1 Å². The highest BCUT2D eigenvalue weighted by atomic mass is 32.2. The van der Waals surface area contributed by atoms with Gasteiger partial charge in [-0.3, -0.25) is 9.52 Å². The average molecular weight is 305 g/mol. The number of hydrogen-bond donors (Lipinski definition) is 3. The summed E-state index contributed by atoms with van der Waals surface area (Å²) in [5.41, 5.74) is 6.49. The van der Waals surface area contributed by atoms with E-state index in [4.69, 9.17) is 5.73 Å². The number of nitrogen functional groups attached to an aromatic ring is 1. The molecule has 0 radical (unpaired) electrons. The van der Waals surface area contributed by atoms with Crippen LogP contribution in [0.1, 0.15) is 10.4 Å². The molecule has 4 N–H and O–H groups in total. The van der Waals surface area contributed by atoms with Crippen LogP contribution in [-0.2, 0) is 10.0 Å². The van der Waals surface area contributed by atoms with E-state index in [9.17, 15) is 13.2 Å². The minimum atomic E-state index is -3.80. The molecule has 0 fully saturated rings. The normalized spacial score (nSPS) is 10.9. The van der Waals surface area contributed by atoms with Crippen molar-refractivity contribution in [3.8, 4) is 0 Å². The second-order valence-electron chi connectivity index (χ2n) is 4.30. The lowest BCUT2D eigenvalue weighted by Crippen LogP contribution is -2.19. The molecule has 21 heavy (non-hydrogen) atoms. The van der Waals surface area contributed by atoms with Crippen molar-refractivity contribution in [2.75, 3.05) is 17.5 Å². The zero-order valence-electron chi connectivity index (χ0n) is 11.3. The van der Waals surface area contributed by atoms with Crippen molar-refractivity contribution >= 4 is 27.3 Å². The largest absolute Gasteiger partial charge is 0.398 e. The fourth-order valence-electron chi connectivity index (χ4n) is 1.80. The molecule has 2 rings (SSSR count). The van der Waals surface area contributed by atoms with E-state index in [1.54, 1.807) is 30.3 Å². The molecule has 0 saturated heterocycles. The van der Waals surface area contributed by atoms with Gasteiger partial charge in [0, 0.05) is 18.3 Å². The first-order valence-electron chi connectivity index (χ1n) is 6.13. The summed E-state index contributed by atoms with van der Waals surface area (Å²) in [5, 5.41) is 2.48. The van der Waals surface area contributed by atoms with Gasteiger partial charge in [-0.05, 0) is 30.3 Å². The molecular weight excluding hydrogens is 290 g/mol. The predicted octanol–water partition coefficient (Wildman–Crippen LogP) is 1.43. The van der Waals surface area contributed by atoms with Crippen molar-refractivity contribution in [3.05, 3.63) is 54.1 Å². The highest BCUT2D eigenvalue weighted by Crippen LogP contribution is 2.21. The quantitative estimate of drug-likeness (QED) is 0.744. The first-order valence-corrected chi connectivity index (χ1v) is 7.62. The minimum absolute atomic E-state index is 0.00431. The molecule has 0 aromatic heterocycles. The Morgan fingerprint density at radius 1 is 1.10 bits per heavy atom. The Labute approximate surface area is 123 Å². The fraction of sp³-hybridized carbons (Fsp3) is 0.0714. The zero-order valence-corrected chi connectivity index (χ0v) is 12.1. The number of hydrogen-bond acceptors (Lipinski definition) is 4. The minimum Gasteiger partial charge on any atom is -0.398 e. The third-order valence-electron chi connectivity index (χ3n) is 2.81. The summed E-state index contributed by atoms with van der Waals surface area (Å²) >= 11 is 0. The van der Waals surface area contributed by atoms with E-state index >= 15 is 0 Å². The Morgan fingerprint density at radius 2 is 1.81 bits per heavy atom. The van der Waals surface area contributed by atoms with E-state index in [0.717, 1.165) is 0 Å². The third-order valence-corrected chi connectivity index (χ3v) is 4.27. The van der Waals surface area contributed by atoms with Crippen molar-refractivity contribution in [1.29, 1.82) is 0 Å². The standard InChI is InChI=1S/C14H15N3O3S/c1-16-14(18)10-5-4-6-11(9-10)17-21(19,20)13-8-3-2-7-12(13)15/h2-9,17H,15H2,1H3,(H,16,18). The average Bonchev–Trinajstić information content (AvgIpc) is 2.46. The lowest BCUT2D eigenvalue weighted by atomic mass is 10.2. The number of nitrogens with one attached hydrogen (secondary N) is 2. The summed E-state index contributed by atoms with van der Waals surface area (Å²) in [6.07, 6.45) is 0. The lowest BCUT2D eigenvalue weighted by molar-refractivity contribution is 0.0963. The first kappa shape index (κ1) is 14.9. The molecule has 6 nitrogen and oxygen atoms in total. The number of amides is 1. The van der Waals surface area contributed by atoms with E-state index in [2.05, 4.69) is 10.0 Å². The van der Waals surface area contributed by atoms with Crippen molar-refractivity contribution in [1.82, 2.24) is 5.32 Å². The Morgan fingerprint density at radius 3 is 2.48 bits per heavy atom. The van der Waals surface area contributed by atoms with Crippen LogP contribution in [0.4, 0.5) is 11.4 Å². The van der Waals surface area contributed by atoms with Gasteiger partial charge >= 0.3 is 0 Å². The Bertz CT molecular complexity index is 773. The van der Waals surface area contributed by atoms with Gasteiger partial charge in [0.1, 0.15) is 4.90 Å². The summed E-state index contributed by atoms with van der Waals surface area (Å²) in [5.74, 6) is -0.296. The Hall–Kier alpha value is -2.54. The molecule has 2 aromatic rings. The van der Waals surface area contributed by atoms with E-state index in [1.807, 2.05) is 0 Å². The maximum atomic E-state index is 12.3. The van der Waals surface area contributed by atoms with Gasteiger partial charge in [-0.1, -0.05) is 18.2 Å². The molecule has 0 spiro atoms. The Balaban J connectivity index is 2.34. The summed E-state index contributed by atoms with van der Waals surface area (Å²) in [6.45, 7) is 0. The molecule has 0 aliphatic rings. The number of benzene rings is 2. The van der Waals surface area contributed by atoms with Crippen LogP contribution in [0, 0.1) is 0 Å². The smallest absolute Gasteiger partial charge is 0.263 e. The number of carbonyl (C=O) groups excluding carboxylic acids is 1. The molecule has 2 aromatic carbocycles. The maximum Gasteiger partial charge on any atom is 0.263 e. The third kappa shape index (κ3) is 3.32. The van der Waals surface area contributed by atoms with E-state index in [0.29, 0.717) is 11.3 Å². The van der Waals surface area contributed by atoms with Crippen molar-refractivity contribution in [2.45, 2.75) is 4.90 Å². The summed E-state index contributed by atoms with van der Waals surface area (Å²) in [7, 11) is -2.30. The number of nitrogens with two attached hydrogens (primary N) is 1. The fourth-order valence-corrected chi connectivity index (χ4v) is 2.99. The molecule has 0 bridgehead atoms. The molecule has 0 unspecified atom stereocenters. The van der Waals surface area contributed by atoms with Crippen LogP contribution in [0.2, 0.25) is 0 Å². The second-order valence-corrected chi connectivity index (χ2v) is 5.95. The molecule has 0 aliphatic carbocycles. The maximum absolute atomic E-state index is 12.3. The molecule has 0 aliphatic heterocycles. The van der Waals surface area contributed by atoms with Crippen LogP contribution in [-0.4, -0.2) is 21.4 Å². The van der Waals surface area contributed by atoms with Gasteiger partial charge in [0.2, 0.25) is 0 Å². The number of rotatable bonds is 4. The van der Waals surface area contributed by atoms with Crippen molar-refractivity contribution in [2.24, 2.45) is 0 Å². The Kier molecular flexibility index (Phi) is 4.13. The second kappa shape index (κ2) is 5.84. The number of anilines is 2. The van der Waals surface area contributed by atoms with Crippen LogP contribution in [0.5, 0.6) is 0 Å². The van der Waals surface area contributed by atoms with E-state index in [1.165, 1.54) is 25.2 Å². The number of carbonyl (C=O) groups is 1. The van der Waals surface area contributed by atoms with E-state index in [-0.39, 0.29) is 16.5 Å². The number of sulfonamides is 1. The summed E-state index contributed by atoms with van der Waals surface area (Å²) < 4.78 is 27.0. The van der Waals surface area contributed by atoms with Crippen molar-refractivity contribution < 1.29 is 13.2 Å². The highest BCUT2D eigenvalue weighted by Gasteiger charge is 2.17. The van der Waals surface area contributed by atoms with Gasteiger partial charge in [-0.15, -0.1) is 0 Å². The van der Waals surface area contributed by atoms with Gasteiger partial charge in [0.15, 0.2) is 0 Å². The van der Waals surface area contributed by atoms with Gasteiger partial charge in [-0.2, -0.15) is 0 Å². The van der Waals surface area contributed by atoms with Crippen LogP contribution in [0.15, 0.2) is 53.4 Å². The van der Waals surface area contributed by atoms with Gasteiger partial charge in [0.05, 0.1) is 5.69 Å². The first-order chi connectivity index (χ1) is 9.94. The molecule has 1 amide bonds. The zero-order chi connectivity index (χ0) is 15.5. The summed E-state index contributed by atoms with van der Waals surface area (Å²) in [6, 6.07) is 12.4. The number of para-hydroxylation sites is 1. The molecule has 0 saturated carbocycles. The SMILES string of the molecule is CNC(=O)c1cccc(NS(=O)(=O)c2ccccc2N)c1. The summed E-state index contributed by atoms with van der Waals surface area (Å²) in [4.78, 5) is 11.5.